The van der Waals surface area contributed by atoms with Gasteiger partial charge in [0.15, 0.2) is 0 Å². The molecule has 0 heterocycles. The smallest absolute Gasteiger partial charge is 0.0468 e. The number of aliphatic hydroxyl groups is 1. The highest BCUT2D eigenvalue weighted by Crippen LogP contribution is 1.61. The molecule has 0 aromatic heterocycles. The van der Waals surface area contributed by atoms with Crippen molar-refractivity contribution in [2.45, 2.75) is 13.3 Å². The highest BCUT2D eigenvalue weighted by Gasteiger charge is 1.57. The number of nitrogens with zero attached hydrogens (tertiary/aromatic N) is 1. The van der Waals surface area contributed by atoms with Crippen LogP contribution in [-0.2, 0) is 0 Å². The second kappa shape index (κ2) is 18.3. The molecule has 0 radical (unpaired) electrons. The lowest BCUT2D eigenvalue weighted by atomic mass is 10.5. The Kier molecular flexibility index (Phi) is 25.1. The fourth-order valence-corrected chi connectivity index (χ4v) is 0. The molecule has 0 aliphatic carbocycles. The molecule has 0 amide bonds. The molecule has 0 aliphatic rings. The van der Waals surface area contributed by atoms with Crippen LogP contribution in [-0.4, -0.2) is 11.7 Å². The number of nitrogens with two attached hydrogens (primary N) is 1. The van der Waals surface area contributed by atoms with Crippen molar-refractivity contribution >= 4 is 0 Å². The predicted octanol–water partition coefficient (Wildman–Crippen LogP) is 0.0152. The summed E-state index contributed by atoms with van der Waals surface area (Å²) in [6, 6.07) is 0. The van der Waals surface area contributed by atoms with Crippen LogP contribution in [0.15, 0.2) is 5.29 Å². The lowest BCUT2D eigenvalue weighted by Crippen LogP contribution is -1.69. The Bertz CT molecular complexity index is 30.1. The Labute approximate surface area is 42.3 Å². The maximum atomic E-state index is 8.33. The van der Waals surface area contributed by atoms with E-state index in [9.17, 15) is 0 Å². The summed E-state index contributed by atoms with van der Waals surface area (Å²) in [5.41, 5.74) is 0. The molecule has 0 rings (SSSR count). The number of hydrogen-bond acceptors (Lipinski definition) is 3. The quantitative estimate of drug-likeness (QED) is 0.281. The van der Waals surface area contributed by atoms with E-state index in [1.807, 2.05) is 6.92 Å². The maximum Gasteiger partial charge on any atom is 0.0468 e. The third kappa shape index (κ3) is 467. The Morgan fingerprint density at radius 3 is 2.00 bits per heavy atom. The highest BCUT2D eigenvalue weighted by atomic mass is 16.3. The normalized spacial score (nSPS) is 6.00. The van der Waals surface area contributed by atoms with Crippen LogP contribution in [0.3, 0.4) is 0 Å². The largest absolute Gasteiger partial charge is 0.396 e. The van der Waals surface area contributed by atoms with Gasteiger partial charge < -0.3 is 5.11 Å². The monoisotopic (exact) mass is 106 g/mol. The lowest BCUT2D eigenvalue weighted by Gasteiger charge is -1.69. The van der Waals surface area contributed by atoms with Crippen molar-refractivity contribution in [1.29, 1.82) is 0 Å². The molecular weight excluding hydrogens is 96.0 g/mol. The van der Waals surface area contributed by atoms with E-state index in [4.69, 9.17) is 10.0 Å². The van der Waals surface area contributed by atoms with Gasteiger partial charge in [0.25, 0.3) is 0 Å². The molecule has 0 bridgehead atoms. The molecule has 0 aromatic rings. The molecule has 4 nitrogen and oxygen atoms in total. The third-order valence-corrected chi connectivity index (χ3v) is 0.224. The van der Waals surface area contributed by atoms with Crippen LogP contribution in [0.1, 0.15) is 13.3 Å². The first-order valence-electron chi connectivity index (χ1n) is 1.96. The van der Waals surface area contributed by atoms with Gasteiger partial charge in [0.05, 0.1) is 0 Å². The molecule has 44 valence electrons. The van der Waals surface area contributed by atoms with Gasteiger partial charge >= 0.3 is 0 Å². The number of hydrogen-bond donors (Lipinski definition) is 2. The van der Waals surface area contributed by atoms with Gasteiger partial charge in [-0.2, -0.15) is 0 Å². The van der Waals surface area contributed by atoms with Crippen LogP contribution < -0.4 is 5.84 Å². The van der Waals surface area contributed by atoms with E-state index in [0.29, 0.717) is 6.61 Å². The van der Waals surface area contributed by atoms with Gasteiger partial charge in [0.1, 0.15) is 0 Å². The van der Waals surface area contributed by atoms with Crippen molar-refractivity contribution in [3.8, 4) is 0 Å². The van der Waals surface area contributed by atoms with Crippen molar-refractivity contribution in [2.24, 2.45) is 11.1 Å². The predicted molar refractivity (Wildman–Crippen MR) is 27.4 cm³/mol. The van der Waals surface area contributed by atoms with Crippen LogP contribution in [0.5, 0.6) is 0 Å². The summed E-state index contributed by atoms with van der Waals surface area (Å²) < 4.78 is 0. The fourth-order valence-electron chi connectivity index (χ4n) is 0. The Hall–Kier alpha value is -0.640. The molecule has 0 fully saturated rings. The van der Waals surface area contributed by atoms with E-state index in [2.05, 4.69) is 5.84 Å². The van der Waals surface area contributed by atoms with Crippen molar-refractivity contribution in [3.63, 3.8) is 0 Å². The van der Waals surface area contributed by atoms with Crippen LogP contribution >= 0.6 is 0 Å². The standard InChI is InChI=1S/C3H8O.H2N2O/c1-2-3-4;1-2-3/h4H,2-3H2,1H3;(H2,1,3). The van der Waals surface area contributed by atoms with Gasteiger partial charge in [-0.1, -0.05) is 6.92 Å². The first kappa shape index (κ1) is 9.61. The highest BCUT2D eigenvalue weighted by molar-refractivity contribution is 4.10. The minimum absolute atomic E-state index is 0.319. The van der Waals surface area contributed by atoms with E-state index in [1.54, 1.807) is 5.29 Å². The fraction of sp³-hybridized carbons (Fsp3) is 1.00. The van der Waals surface area contributed by atoms with E-state index < -0.39 is 0 Å². The first-order valence-corrected chi connectivity index (χ1v) is 1.96. The van der Waals surface area contributed by atoms with Crippen LogP contribution in [0.2, 0.25) is 0 Å². The van der Waals surface area contributed by atoms with Crippen LogP contribution in [0.25, 0.3) is 0 Å². The summed E-state index contributed by atoms with van der Waals surface area (Å²) in [5.74, 6) is 3.92. The second-order valence-corrected chi connectivity index (χ2v) is 0.829. The Morgan fingerprint density at radius 1 is 1.86 bits per heavy atom. The summed E-state index contributed by atoms with van der Waals surface area (Å²) >= 11 is 0. The molecule has 0 unspecified atom stereocenters. The Balaban J connectivity index is 0. The molecule has 7 heavy (non-hydrogen) atoms. The van der Waals surface area contributed by atoms with E-state index in [1.165, 1.54) is 0 Å². The average Bonchev–Trinajstić information content (AvgIpc) is 1.69. The molecule has 0 aromatic carbocycles. The van der Waals surface area contributed by atoms with Crippen molar-refractivity contribution in [1.82, 2.24) is 0 Å². The zero-order chi connectivity index (χ0) is 6.12. The SMILES string of the molecule is CCCO.NN=O. The molecule has 0 saturated heterocycles. The summed E-state index contributed by atoms with van der Waals surface area (Å²) in [4.78, 5) is 8.33. The van der Waals surface area contributed by atoms with E-state index in [-0.39, 0.29) is 0 Å². The van der Waals surface area contributed by atoms with Gasteiger partial charge in [-0.05, 0) is 6.42 Å². The lowest BCUT2D eigenvalue weighted by molar-refractivity contribution is 0.295. The molecule has 0 spiro atoms. The molecule has 4 heteroatoms. The summed E-state index contributed by atoms with van der Waals surface area (Å²) in [5, 5.41) is 9.62. The van der Waals surface area contributed by atoms with Crippen LogP contribution in [0, 0.1) is 4.91 Å². The summed E-state index contributed by atoms with van der Waals surface area (Å²) in [6.07, 6.45) is 0.875. The number of rotatable bonds is 1. The van der Waals surface area contributed by atoms with Gasteiger partial charge in [-0.25, -0.2) is 0 Å². The molecule has 3 N–H and O–H groups in total. The zero-order valence-electron chi connectivity index (χ0n) is 4.29. The zero-order valence-corrected chi connectivity index (χ0v) is 4.29. The van der Waals surface area contributed by atoms with Crippen molar-refractivity contribution in [3.05, 3.63) is 4.91 Å². The number of aliphatic hydroxyl groups excluding tert-OH is 1. The van der Waals surface area contributed by atoms with E-state index in [0.717, 1.165) is 6.42 Å². The van der Waals surface area contributed by atoms with Gasteiger partial charge in [0, 0.05) is 11.9 Å². The molecule has 0 atom stereocenters. The molecular formula is C3H10N2O2. The minimum atomic E-state index is 0.319. The summed E-state index contributed by atoms with van der Waals surface area (Å²) in [7, 11) is 0. The van der Waals surface area contributed by atoms with E-state index >= 15 is 0 Å². The van der Waals surface area contributed by atoms with Gasteiger partial charge in [-0.3, -0.25) is 5.84 Å². The maximum absolute atomic E-state index is 8.33. The minimum Gasteiger partial charge on any atom is -0.396 e. The molecule has 0 saturated carbocycles. The first-order chi connectivity index (χ1) is 3.33. The van der Waals surface area contributed by atoms with Crippen LogP contribution in [0.4, 0.5) is 0 Å². The molecule has 0 aliphatic heterocycles. The third-order valence-electron chi connectivity index (χ3n) is 0.224. The average molecular weight is 106 g/mol. The number of nitroso groups, excluding NO2 is 1. The second-order valence-electron chi connectivity index (χ2n) is 0.829. The van der Waals surface area contributed by atoms with Crippen molar-refractivity contribution in [2.75, 3.05) is 6.61 Å². The van der Waals surface area contributed by atoms with Gasteiger partial charge in [-0.15, -0.1) is 4.91 Å². The Morgan fingerprint density at radius 2 is 2.00 bits per heavy atom. The van der Waals surface area contributed by atoms with Crippen molar-refractivity contribution < 1.29 is 5.11 Å². The summed E-state index contributed by atoms with van der Waals surface area (Å²) in [6.45, 7) is 2.25. The topological polar surface area (TPSA) is 75.7 Å². The van der Waals surface area contributed by atoms with Gasteiger partial charge in [0.2, 0.25) is 0 Å².